The summed E-state index contributed by atoms with van der Waals surface area (Å²) in [7, 11) is 0.000252. The van der Waals surface area contributed by atoms with E-state index in [2.05, 4.69) is 48.5 Å². The van der Waals surface area contributed by atoms with Crippen LogP contribution in [0.1, 0.15) is 5.56 Å². The predicted molar refractivity (Wildman–Crippen MR) is 98.4 cm³/mol. The van der Waals surface area contributed by atoms with Gasteiger partial charge in [0.25, 0.3) is 5.69 Å². The fourth-order valence-corrected chi connectivity index (χ4v) is 4.70. The molecule has 0 atom stereocenters. The molecule has 3 nitrogen and oxygen atoms in total. The van der Waals surface area contributed by atoms with Gasteiger partial charge in [-0.25, -0.2) is 0 Å². The Morgan fingerprint density at radius 1 is 0.750 bits per heavy atom. The highest BCUT2D eigenvalue weighted by atomic mass is 32.2. The van der Waals surface area contributed by atoms with Crippen molar-refractivity contribution in [2.75, 3.05) is 5.75 Å². The van der Waals surface area contributed by atoms with E-state index in [1.807, 2.05) is 24.3 Å². The van der Waals surface area contributed by atoms with Crippen molar-refractivity contribution >= 4 is 16.6 Å². The van der Waals surface area contributed by atoms with E-state index in [9.17, 15) is 10.1 Å². The van der Waals surface area contributed by atoms with Crippen LogP contribution in [0.15, 0.2) is 94.7 Å². The highest BCUT2D eigenvalue weighted by molar-refractivity contribution is 7.97. The molecule has 0 radical (unpaired) electrons. The second-order valence-corrected chi connectivity index (χ2v) is 7.53. The van der Waals surface area contributed by atoms with Gasteiger partial charge < -0.3 is 0 Å². The van der Waals surface area contributed by atoms with Crippen molar-refractivity contribution in [1.29, 1.82) is 0 Å². The molecule has 120 valence electrons. The molecule has 0 aliphatic carbocycles. The Bertz CT molecular complexity index is 749. The first-order valence-corrected chi connectivity index (χ1v) is 9.18. The lowest BCUT2D eigenvalue weighted by atomic mass is 10.1. The summed E-state index contributed by atoms with van der Waals surface area (Å²) < 4.78 is 0. The quantitative estimate of drug-likeness (QED) is 0.366. The molecule has 4 heteroatoms. The fourth-order valence-electron chi connectivity index (χ4n) is 2.55. The van der Waals surface area contributed by atoms with Gasteiger partial charge in [0, 0.05) is 18.6 Å². The van der Waals surface area contributed by atoms with Crippen LogP contribution in [0.4, 0.5) is 5.69 Å². The molecule has 0 heterocycles. The third kappa shape index (κ3) is 4.03. The first-order valence-electron chi connectivity index (χ1n) is 7.78. The zero-order valence-electron chi connectivity index (χ0n) is 13.2. The summed E-state index contributed by atoms with van der Waals surface area (Å²) in [4.78, 5) is 13.0. The van der Waals surface area contributed by atoms with Crippen LogP contribution in [0.2, 0.25) is 0 Å². The van der Waals surface area contributed by atoms with Gasteiger partial charge in [-0.3, -0.25) is 10.1 Å². The van der Waals surface area contributed by atoms with Crippen LogP contribution in [0.25, 0.3) is 0 Å². The molecule has 0 aliphatic heterocycles. The molecular weight excluding hydrogens is 318 g/mol. The van der Waals surface area contributed by atoms with E-state index in [-0.39, 0.29) is 21.5 Å². The predicted octanol–water partition coefficient (Wildman–Crippen LogP) is 4.87. The van der Waals surface area contributed by atoms with Gasteiger partial charge in [0.1, 0.15) is 5.75 Å². The van der Waals surface area contributed by atoms with Gasteiger partial charge in [-0.15, -0.1) is 0 Å². The monoisotopic (exact) mass is 336 g/mol. The van der Waals surface area contributed by atoms with Crippen molar-refractivity contribution in [2.45, 2.75) is 16.2 Å². The Balaban J connectivity index is 1.79. The number of rotatable bonds is 6. The minimum atomic E-state index is -0.359. The van der Waals surface area contributed by atoms with E-state index in [0.717, 1.165) is 17.7 Å². The van der Waals surface area contributed by atoms with Gasteiger partial charge in [-0.05, 0) is 29.8 Å². The number of aryl methyl sites for hydroxylation is 1. The number of hydrogen-bond donors (Lipinski definition) is 0. The van der Waals surface area contributed by atoms with Crippen molar-refractivity contribution in [3.63, 3.8) is 0 Å². The molecule has 0 saturated heterocycles. The summed E-state index contributed by atoms with van der Waals surface area (Å²) in [6.45, 7) is 0. The molecule has 0 fully saturated rings. The molecule has 3 aromatic rings. The van der Waals surface area contributed by atoms with E-state index in [1.165, 1.54) is 9.79 Å². The molecule has 0 N–H and O–H groups in total. The summed E-state index contributed by atoms with van der Waals surface area (Å²) in [5.74, 6) is 0.992. The lowest BCUT2D eigenvalue weighted by molar-refractivity contribution is -0.384. The van der Waals surface area contributed by atoms with Gasteiger partial charge in [0.15, 0.2) is 9.79 Å². The van der Waals surface area contributed by atoms with E-state index in [0.29, 0.717) is 0 Å². The molecule has 0 bridgehead atoms. The average molecular weight is 336 g/mol. The van der Waals surface area contributed by atoms with Gasteiger partial charge in [-0.1, -0.05) is 48.5 Å². The SMILES string of the molecule is O=[N+]([O-])c1ccc(CC[S+](c2ccccc2)c2ccccc2)cc1. The van der Waals surface area contributed by atoms with Crippen molar-refractivity contribution < 1.29 is 4.92 Å². The molecule has 3 rings (SSSR count). The number of nitro benzene ring substituents is 1. The lowest BCUT2D eigenvalue weighted by Gasteiger charge is -2.08. The third-order valence-electron chi connectivity index (χ3n) is 3.80. The minimum Gasteiger partial charge on any atom is -0.258 e. The smallest absolute Gasteiger partial charge is 0.258 e. The molecular formula is C20H18NO2S+. The van der Waals surface area contributed by atoms with Gasteiger partial charge in [-0.2, -0.15) is 0 Å². The highest BCUT2D eigenvalue weighted by Crippen LogP contribution is 2.24. The first-order chi connectivity index (χ1) is 11.7. The number of nitro groups is 1. The average Bonchev–Trinajstić information content (AvgIpc) is 2.64. The van der Waals surface area contributed by atoms with E-state index >= 15 is 0 Å². The topological polar surface area (TPSA) is 43.1 Å². The van der Waals surface area contributed by atoms with Crippen LogP contribution in [-0.4, -0.2) is 10.7 Å². The molecule has 0 aliphatic rings. The van der Waals surface area contributed by atoms with Crippen molar-refractivity contribution in [3.8, 4) is 0 Å². The summed E-state index contributed by atoms with van der Waals surface area (Å²) in [6, 6.07) is 27.9. The second kappa shape index (κ2) is 7.79. The second-order valence-electron chi connectivity index (χ2n) is 5.39. The van der Waals surface area contributed by atoms with Crippen molar-refractivity contribution in [3.05, 3.63) is 101 Å². The first kappa shape index (κ1) is 16.3. The van der Waals surface area contributed by atoms with Crippen LogP contribution in [-0.2, 0) is 17.3 Å². The molecule has 0 unspecified atom stereocenters. The van der Waals surface area contributed by atoms with Crippen LogP contribution in [0.5, 0.6) is 0 Å². The Hall–Kier alpha value is -2.59. The Kier molecular flexibility index (Phi) is 5.29. The fraction of sp³-hybridized carbons (Fsp3) is 0.100. The maximum absolute atomic E-state index is 10.8. The summed E-state index contributed by atoms with van der Waals surface area (Å²) in [5.41, 5.74) is 1.27. The number of hydrogen-bond acceptors (Lipinski definition) is 2. The van der Waals surface area contributed by atoms with Crippen LogP contribution >= 0.6 is 0 Å². The van der Waals surface area contributed by atoms with Gasteiger partial charge >= 0.3 is 0 Å². The third-order valence-corrected chi connectivity index (χ3v) is 6.09. The Morgan fingerprint density at radius 2 is 1.25 bits per heavy atom. The largest absolute Gasteiger partial charge is 0.269 e. The summed E-state index contributed by atoms with van der Waals surface area (Å²) >= 11 is 0. The van der Waals surface area contributed by atoms with E-state index < -0.39 is 0 Å². The van der Waals surface area contributed by atoms with Gasteiger partial charge in [0.05, 0.1) is 15.8 Å². The number of benzene rings is 3. The maximum atomic E-state index is 10.8. The summed E-state index contributed by atoms with van der Waals surface area (Å²) in [6.07, 6.45) is 0.894. The Labute approximate surface area is 144 Å². The highest BCUT2D eigenvalue weighted by Gasteiger charge is 2.24. The molecule has 0 spiro atoms. The molecule has 0 saturated carbocycles. The van der Waals surface area contributed by atoms with Gasteiger partial charge in [0.2, 0.25) is 0 Å². The molecule has 0 aromatic heterocycles. The zero-order valence-corrected chi connectivity index (χ0v) is 14.0. The van der Waals surface area contributed by atoms with E-state index in [4.69, 9.17) is 0 Å². The zero-order chi connectivity index (χ0) is 16.8. The van der Waals surface area contributed by atoms with Crippen molar-refractivity contribution in [1.82, 2.24) is 0 Å². The van der Waals surface area contributed by atoms with E-state index in [1.54, 1.807) is 12.1 Å². The number of nitrogens with zero attached hydrogens (tertiary/aromatic N) is 1. The van der Waals surface area contributed by atoms with Crippen molar-refractivity contribution in [2.24, 2.45) is 0 Å². The lowest BCUT2D eigenvalue weighted by Crippen LogP contribution is -2.11. The molecule has 24 heavy (non-hydrogen) atoms. The maximum Gasteiger partial charge on any atom is 0.269 e. The molecule has 0 amide bonds. The standard InChI is InChI=1S/C20H18NO2S/c22-21(23)18-13-11-17(12-14-18)15-16-24(19-7-3-1-4-8-19)20-9-5-2-6-10-20/h1-14H,15-16H2/q+1. The summed E-state index contributed by atoms with van der Waals surface area (Å²) in [5, 5.41) is 10.8. The normalized spacial score (nSPS) is 10.7. The number of non-ortho nitro benzene ring substituents is 1. The van der Waals surface area contributed by atoms with Crippen LogP contribution < -0.4 is 0 Å². The molecule has 3 aromatic carbocycles. The Morgan fingerprint density at radius 3 is 1.71 bits per heavy atom. The minimum absolute atomic E-state index is 0.000252. The van der Waals surface area contributed by atoms with Crippen LogP contribution in [0.3, 0.4) is 0 Å². The van der Waals surface area contributed by atoms with Crippen LogP contribution in [0, 0.1) is 10.1 Å².